The third kappa shape index (κ3) is 3.96. The summed E-state index contributed by atoms with van der Waals surface area (Å²) in [5.74, 6) is 1.76. The molecule has 1 aliphatic heterocycles. The Kier molecular flexibility index (Phi) is 4.80. The first-order chi connectivity index (χ1) is 13.2. The molecule has 1 aromatic heterocycles. The van der Waals surface area contributed by atoms with Gasteiger partial charge in [0.2, 0.25) is 0 Å². The van der Waals surface area contributed by atoms with Gasteiger partial charge in [0.25, 0.3) is 5.91 Å². The summed E-state index contributed by atoms with van der Waals surface area (Å²) in [7, 11) is 0. The monoisotopic (exact) mass is 381 g/mol. The average Bonchev–Trinajstić information content (AvgIpc) is 2.70. The molecule has 0 unspecified atom stereocenters. The second kappa shape index (κ2) is 7.55. The van der Waals surface area contributed by atoms with E-state index in [4.69, 9.17) is 21.1 Å². The number of carbonyl (C=O) groups excluding carboxylic acids is 1. The maximum Gasteiger partial charge on any atom is 0.257 e. The molecule has 27 heavy (non-hydrogen) atoms. The fourth-order valence-electron chi connectivity index (χ4n) is 2.63. The summed E-state index contributed by atoms with van der Waals surface area (Å²) in [6.07, 6.45) is 1.51. The third-order valence-corrected chi connectivity index (χ3v) is 4.29. The lowest BCUT2D eigenvalue weighted by Crippen LogP contribution is -2.15. The molecule has 136 valence electrons. The third-order valence-electron chi connectivity index (χ3n) is 3.96. The maximum atomic E-state index is 12.3. The van der Waals surface area contributed by atoms with Gasteiger partial charge in [0.05, 0.1) is 16.3 Å². The van der Waals surface area contributed by atoms with Crippen molar-refractivity contribution in [3.8, 4) is 11.5 Å². The van der Waals surface area contributed by atoms with Crippen LogP contribution in [0.3, 0.4) is 0 Å². The number of hydrogen-bond acceptors (Lipinski definition) is 5. The number of aromatic nitrogens is 1. The Morgan fingerprint density at radius 1 is 1.00 bits per heavy atom. The molecule has 0 atom stereocenters. The van der Waals surface area contributed by atoms with Crippen LogP contribution in [-0.2, 0) is 0 Å². The van der Waals surface area contributed by atoms with Gasteiger partial charge in [-0.2, -0.15) is 0 Å². The second-order valence-corrected chi connectivity index (χ2v) is 6.26. The molecule has 2 heterocycles. The fraction of sp³-hybridized carbons (Fsp3) is 0.100. The smallest absolute Gasteiger partial charge is 0.257 e. The number of fused-ring (bicyclic) bond motifs is 1. The molecule has 4 rings (SSSR count). The molecular weight excluding hydrogens is 366 g/mol. The zero-order chi connectivity index (χ0) is 18.6. The highest BCUT2D eigenvalue weighted by Gasteiger charge is 2.12. The number of pyridine rings is 1. The predicted octanol–water partition coefficient (Wildman–Crippen LogP) is 4.50. The van der Waals surface area contributed by atoms with Gasteiger partial charge < -0.3 is 20.1 Å². The molecule has 0 aliphatic carbocycles. The summed E-state index contributed by atoms with van der Waals surface area (Å²) in [6, 6.07) is 16.1. The maximum absolute atomic E-state index is 12.3. The van der Waals surface area contributed by atoms with Crippen LogP contribution in [0.1, 0.15) is 10.4 Å². The van der Waals surface area contributed by atoms with Crippen LogP contribution >= 0.6 is 11.6 Å². The highest BCUT2D eigenvalue weighted by atomic mass is 35.5. The average molecular weight is 382 g/mol. The molecule has 0 saturated heterocycles. The van der Waals surface area contributed by atoms with Crippen LogP contribution in [0.25, 0.3) is 0 Å². The molecule has 1 amide bonds. The lowest BCUT2D eigenvalue weighted by molar-refractivity contribution is 0.102. The Balaban J connectivity index is 1.44. The van der Waals surface area contributed by atoms with Gasteiger partial charge in [-0.3, -0.25) is 4.79 Å². The summed E-state index contributed by atoms with van der Waals surface area (Å²) in [6.45, 7) is 1.09. The van der Waals surface area contributed by atoms with Gasteiger partial charge in [0.1, 0.15) is 19.0 Å². The Morgan fingerprint density at radius 3 is 2.59 bits per heavy atom. The van der Waals surface area contributed by atoms with E-state index >= 15 is 0 Å². The highest BCUT2D eigenvalue weighted by Crippen LogP contribution is 2.33. The number of carbonyl (C=O) groups is 1. The molecule has 2 N–H and O–H groups in total. The van der Waals surface area contributed by atoms with Crippen LogP contribution in [0.2, 0.25) is 5.02 Å². The summed E-state index contributed by atoms with van der Waals surface area (Å²) in [5.41, 5.74) is 1.81. The van der Waals surface area contributed by atoms with Crippen LogP contribution < -0.4 is 20.1 Å². The number of hydrogen-bond donors (Lipinski definition) is 2. The summed E-state index contributed by atoms with van der Waals surface area (Å²) in [5, 5.41) is 6.43. The van der Waals surface area contributed by atoms with Gasteiger partial charge in [-0.1, -0.05) is 23.7 Å². The number of amides is 1. The number of halogens is 1. The second-order valence-electron chi connectivity index (χ2n) is 5.85. The van der Waals surface area contributed by atoms with Crippen molar-refractivity contribution < 1.29 is 14.3 Å². The predicted molar refractivity (Wildman–Crippen MR) is 104 cm³/mol. The quantitative estimate of drug-likeness (QED) is 0.696. The van der Waals surface area contributed by atoms with E-state index in [9.17, 15) is 4.79 Å². The number of benzene rings is 2. The van der Waals surface area contributed by atoms with Crippen LogP contribution in [0.15, 0.2) is 60.8 Å². The van der Waals surface area contributed by atoms with E-state index < -0.39 is 0 Å². The molecule has 0 radical (unpaired) electrons. The Labute approximate surface area is 161 Å². The van der Waals surface area contributed by atoms with E-state index in [2.05, 4.69) is 15.6 Å². The molecule has 0 saturated carbocycles. The lowest BCUT2D eigenvalue weighted by atomic mass is 10.2. The summed E-state index contributed by atoms with van der Waals surface area (Å²) >= 11 is 6.06. The summed E-state index contributed by atoms with van der Waals surface area (Å²) < 4.78 is 11.1. The molecule has 1 aliphatic rings. The molecule has 0 spiro atoms. The SMILES string of the molecule is O=C(Nc1ccccc1Cl)c1ccc(Nc2ccc3c(c2)OCCO3)nc1. The Hall–Kier alpha value is -3.25. The first-order valence-electron chi connectivity index (χ1n) is 8.38. The molecule has 0 fully saturated rings. The minimum Gasteiger partial charge on any atom is -0.486 e. The van der Waals surface area contributed by atoms with E-state index in [1.165, 1.54) is 6.20 Å². The standard InChI is InChI=1S/C20H16ClN3O3/c21-15-3-1-2-4-16(15)24-20(25)13-5-8-19(22-12-13)23-14-6-7-17-18(11-14)27-10-9-26-17/h1-8,11-12H,9-10H2,(H,22,23)(H,24,25). The van der Waals surface area contributed by atoms with Gasteiger partial charge in [-0.15, -0.1) is 0 Å². The van der Waals surface area contributed by atoms with E-state index in [1.807, 2.05) is 18.2 Å². The minimum absolute atomic E-state index is 0.276. The van der Waals surface area contributed by atoms with Crippen LogP contribution in [0.4, 0.5) is 17.2 Å². The van der Waals surface area contributed by atoms with Crippen LogP contribution in [0, 0.1) is 0 Å². The molecular formula is C20H16ClN3O3. The van der Waals surface area contributed by atoms with Crippen molar-refractivity contribution in [2.75, 3.05) is 23.8 Å². The molecule has 2 aromatic carbocycles. The van der Waals surface area contributed by atoms with Gasteiger partial charge in [0.15, 0.2) is 11.5 Å². The number of ether oxygens (including phenoxy) is 2. The molecule has 0 bridgehead atoms. The lowest BCUT2D eigenvalue weighted by Gasteiger charge is -2.19. The molecule has 3 aromatic rings. The van der Waals surface area contributed by atoms with Crippen molar-refractivity contribution in [3.05, 3.63) is 71.4 Å². The molecule has 7 heteroatoms. The number of rotatable bonds is 4. The van der Waals surface area contributed by atoms with Crippen molar-refractivity contribution >= 4 is 34.7 Å². The van der Waals surface area contributed by atoms with Gasteiger partial charge in [0, 0.05) is 18.0 Å². The van der Waals surface area contributed by atoms with Gasteiger partial charge in [-0.25, -0.2) is 4.98 Å². The minimum atomic E-state index is -0.276. The van der Waals surface area contributed by atoms with E-state index in [1.54, 1.807) is 36.4 Å². The van der Waals surface area contributed by atoms with Crippen LogP contribution in [-0.4, -0.2) is 24.1 Å². The van der Waals surface area contributed by atoms with E-state index in [-0.39, 0.29) is 5.91 Å². The first-order valence-corrected chi connectivity index (χ1v) is 8.75. The Bertz CT molecular complexity index is 976. The largest absolute Gasteiger partial charge is 0.486 e. The number of nitrogens with zero attached hydrogens (tertiary/aromatic N) is 1. The number of anilines is 3. The zero-order valence-electron chi connectivity index (χ0n) is 14.2. The van der Waals surface area contributed by atoms with Gasteiger partial charge >= 0.3 is 0 Å². The van der Waals surface area contributed by atoms with Crippen molar-refractivity contribution in [3.63, 3.8) is 0 Å². The van der Waals surface area contributed by atoms with Crippen molar-refractivity contribution in [1.82, 2.24) is 4.98 Å². The summed E-state index contributed by atoms with van der Waals surface area (Å²) in [4.78, 5) is 16.6. The van der Waals surface area contributed by atoms with E-state index in [0.717, 1.165) is 11.4 Å². The normalized spacial score (nSPS) is 12.3. The molecule has 6 nitrogen and oxygen atoms in total. The topological polar surface area (TPSA) is 72.5 Å². The zero-order valence-corrected chi connectivity index (χ0v) is 15.0. The van der Waals surface area contributed by atoms with Crippen molar-refractivity contribution in [2.45, 2.75) is 0 Å². The van der Waals surface area contributed by atoms with E-state index in [0.29, 0.717) is 41.1 Å². The Morgan fingerprint density at radius 2 is 1.81 bits per heavy atom. The van der Waals surface area contributed by atoms with Gasteiger partial charge in [-0.05, 0) is 36.4 Å². The number of para-hydroxylation sites is 1. The van der Waals surface area contributed by atoms with Crippen LogP contribution in [0.5, 0.6) is 11.5 Å². The first kappa shape index (κ1) is 17.2. The fourth-order valence-corrected chi connectivity index (χ4v) is 2.81. The highest BCUT2D eigenvalue weighted by molar-refractivity contribution is 6.33. The number of nitrogens with one attached hydrogen (secondary N) is 2. The van der Waals surface area contributed by atoms with Crippen molar-refractivity contribution in [1.29, 1.82) is 0 Å². The van der Waals surface area contributed by atoms with Crippen molar-refractivity contribution in [2.24, 2.45) is 0 Å².